The van der Waals surface area contributed by atoms with Crippen LogP contribution in [0.25, 0.3) is 0 Å². The maximum Gasteiger partial charge on any atom is 0.573 e. The number of alkyl halides is 3. The topological polar surface area (TPSA) is 47.6 Å². The van der Waals surface area contributed by atoms with E-state index in [0.29, 0.717) is 12.0 Å². The Balaban J connectivity index is 2.14. The first kappa shape index (κ1) is 12.5. The lowest BCUT2D eigenvalue weighted by Gasteiger charge is -2.24. The van der Waals surface area contributed by atoms with Crippen LogP contribution in [-0.2, 0) is 4.74 Å². The minimum Gasteiger partial charge on any atom is -0.449 e. The van der Waals surface area contributed by atoms with E-state index in [9.17, 15) is 18.0 Å². The fraction of sp³-hybridized carbons (Fsp3) is 0.364. The maximum atomic E-state index is 12.1. The van der Waals surface area contributed by atoms with Crippen molar-refractivity contribution in [2.24, 2.45) is 0 Å². The molecule has 1 aromatic rings. The van der Waals surface area contributed by atoms with Gasteiger partial charge >= 0.3 is 12.5 Å². The van der Waals surface area contributed by atoms with Crippen LogP contribution >= 0.6 is 0 Å². The van der Waals surface area contributed by atoms with Crippen molar-refractivity contribution in [1.82, 2.24) is 5.32 Å². The van der Waals surface area contributed by atoms with E-state index in [2.05, 4.69) is 14.8 Å². The first-order valence-electron chi connectivity index (χ1n) is 5.23. The molecule has 7 heteroatoms. The molecule has 1 heterocycles. The molecule has 0 aliphatic carbocycles. The lowest BCUT2D eigenvalue weighted by molar-refractivity contribution is -0.274. The second-order valence-corrected chi connectivity index (χ2v) is 3.74. The highest BCUT2D eigenvalue weighted by atomic mass is 19.4. The van der Waals surface area contributed by atoms with E-state index in [4.69, 9.17) is 0 Å². The zero-order valence-corrected chi connectivity index (χ0v) is 9.16. The van der Waals surface area contributed by atoms with Gasteiger partial charge in [-0.2, -0.15) is 0 Å². The number of rotatable bonds is 2. The van der Waals surface area contributed by atoms with Gasteiger partial charge in [0.15, 0.2) is 0 Å². The molecule has 4 nitrogen and oxygen atoms in total. The third-order valence-electron chi connectivity index (χ3n) is 2.43. The fourth-order valence-corrected chi connectivity index (χ4v) is 1.70. The monoisotopic (exact) mass is 261 g/mol. The van der Waals surface area contributed by atoms with Crippen molar-refractivity contribution >= 4 is 6.09 Å². The number of benzene rings is 1. The lowest BCUT2D eigenvalue weighted by atomic mass is 10.0. The minimum atomic E-state index is -4.72. The fourth-order valence-electron chi connectivity index (χ4n) is 1.70. The average molecular weight is 261 g/mol. The summed E-state index contributed by atoms with van der Waals surface area (Å²) in [6, 6.07) is 5.17. The number of alkyl carbamates (subject to hydrolysis) is 1. The quantitative estimate of drug-likeness (QED) is 0.890. The number of cyclic esters (lactones) is 1. The number of nitrogens with one attached hydrogen (secondary N) is 1. The lowest BCUT2D eigenvalue weighted by Crippen LogP contribution is -2.35. The summed E-state index contributed by atoms with van der Waals surface area (Å²) in [4.78, 5) is 11.0. The van der Waals surface area contributed by atoms with Crippen molar-refractivity contribution in [3.05, 3.63) is 29.8 Å². The molecule has 0 bridgehead atoms. The van der Waals surface area contributed by atoms with Crippen LogP contribution in [0.5, 0.6) is 5.75 Å². The standard InChI is InChI=1S/C11H10F3NO3/c12-11(13,14)18-8-3-1-2-7(6-8)9-4-5-17-10(16)15-9/h1-3,6,9H,4-5H2,(H,15,16)/t9-/m1/s1. The van der Waals surface area contributed by atoms with Crippen molar-refractivity contribution in [1.29, 1.82) is 0 Å². The van der Waals surface area contributed by atoms with E-state index in [-0.39, 0.29) is 18.4 Å². The van der Waals surface area contributed by atoms with Crippen molar-refractivity contribution in [2.75, 3.05) is 6.61 Å². The van der Waals surface area contributed by atoms with Crippen LogP contribution in [0.3, 0.4) is 0 Å². The van der Waals surface area contributed by atoms with Gasteiger partial charge in [0.25, 0.3) is 0 Å². The normalized spacial score (nSPS) is 19.9. The molecule has 98 valence electrons. The Hall–Kier alpha value is -1.92. The van der Waals surface area contributed by atoms with E-state index in [0.717, 1.165) is 0 Å². The Morgan fingerprint density at radius 2 is 2.17 bits per heavy atom. The molecule has 1 amide bonds. The number of halogens is 3. The molecule has 0 unspecified atom stereocenters. The largest absolute Gasteiger partial charge is 0.573 e. The molecule has 1 aliphatic heterocycles. The highest BCUT2D eigenvalue weighted by Gasteiger charge is 2.31. The van der Waals surface area contributed by atoms with E-state index in [1.807, 2.05) is 0 Å². The molecule has 1 fully saturated rings. The molecule has 0 radical (unpaired) electrons. The number of hydrogen-bond acceptors (Lipinski definition) is 3. The molecular weight excluding hydrogens is 251 g/mol. The van der Waals surface area contributed by atoms with Gasteiger partial charge in [-0.15, -0.1) is 13.2 Å². The van der Waals surface area contributed by atoms with Crippen molar-refractivity contribution in [3.63, 3.8) is 0 Å². The van der Waals surface area contributed by atoms with E-state index in [1.165, 1.54) is 18.2 Å². The molecule has 1 aromatic carbocycles. The number of ether oxygens (including phenoxy) is 2. The van der Waals surface area contributed by atoms with Crippen LogP contribution in [0.15, 0.2) is 24.3 Å². The predicted octanol–water partition coefficient (Wildman–Crippen LogP) is 2.76. The Morgan fingerprint density at radius 1 is 1.39 bits per heavy atom. The molecule has 0 saturated carbocycles. The van der Waals surface area contributed by atoms with Crippen LogP contribution < -0.4 is 10.1 Å². The summed E-state index contributed by atoms with van der Waals surface area (Å²) in [6.07, 6.45) is -4.80. The summed E-state index contributed by atoms with van der Waals surface area (Å²) < 4.78 is 44.7. The number of carbonyl (C=O) groups excluding carboxylic acids is 1. The van der Waals surface area contributed by atoms with Gasteiger partial charge < -0.3 is 14.8 Å². The second-order valence-electron chi connectivity index (χ2n) is 3.74. The Kier molecular flexibility index (Phi) is 3.31. The molecule has 1 N–H and O–H groups in total. The maximum absolute atomic E-state index is 12.1. The zero-order valence-electron chi connectivity index (χ0n) is 9.16. The summed E-state index contributed by atoms with van der Waals surface area (Å²) in [5.74, 6) is -0.305. The van der Waals surface area contributed by atoms with Crippen LogP contribution in [-0.4, -0.2) is 19.1 Å². The van der Waals surface area contributed by atoms with Crippen LogP contribution in [0.2, 0.25) is 0 Å². The van der Waals surface area contributed by atoms with Crippen molar-refractivity contribution in [3.8, 4) is 5.75 Å². The Labute approximate surface area is 101 Å². The predicted molar refractivity (Wildman–Crippen MR) is 55.0 cm³/mol. The molecule has 18 heavy (non-hydrogen) atoms. The van der Waals surface area contributed by atoms with Gasteiger partial charge in [0, 0.05) is 6.42 Å². The zero-order chi connectivity index (χ0) is 13.2. The molecule has 0 spiro atoms. The molecule has 1 atom stereocenters. The van der Waals surface area contributed by atoms with Crippen LogP contribution in [0.1, 0.15) is 18.0 Å². The first-order valence-corrected chi connectivity index (χ1v) is 5.23. The van der Waals surface area contributed by atoms with Crippen LogP contribution in [0, 0.1) is 0 Å². The summed E-state index contributed by atoms with van der Waals surface area (Å²) in [5.41, 5.74) is 0.549. The summed E-state index contributed by atoms with van der Waals surface area (Å²) in [5, 5.41) is 2.52. The van der Waals surface area contributed by atoms with E-state index >= 15 is 0 Å². The second kappa shape index (κ2) is 4.75. The number of hydrogen-bond donors (Lipinski definition) is 1. The van der Waals surface area contributed by atoms with Gasteiger partial charge in [-0.3, -0.25) is 0 Å². The van der Waals surface area contributed by atoms with Crippen LogP contribution in [0.4, 0.5) is 18.0 Å². The third kappa shape index (κ3) is 3.28. The Bertz CT molecular complexity index is 447. The molecule has 2 rings (SSSR count). The van der Waals surface area contributed by atoms with Gasteiger partial charge in [-0.05, 0) is 17.7 Å². The average Bonchev–Trinajstić information content (AvgIpc) is 2.27. The highest BCUT2D eigenvalue weighted by Crippen LogP contribution is 2.27. The summed E-state index contributed by atoms with van der Waals surface area (Å²) in [6.45, 7) is 0.237. The van der Waals surface area contributed by atoms with Gasteiger partial charge in [0.05, 0.1) is 12.6 Å². The van der Waals surface area contributed by atoms with Gasteiger partial charge in [0.1, 0.15) is 5.75 Å². The van der Waals surface area contributed by atoms with Crippen molar-refractivity contribution < 1.29 is 27.4 Å². The minimum absolute atomic E-state index is 0.237. The smallest absolute Gasteiger partial charge is 0.449 e. The Morgan fingerprint density at radius 3 is 2.83 bits per heavy atom. The highest BCUT2D eigenvalue weighted by molar-refractivity contribution is 5.68. The summed E-state index contributed by atoms with van der Waals surface area (Å²) >= 11 is 0. The molecule has 0 aromatic heterocycles. The summed E-state index contributed by atoms with van der Waals surface area (Å²) in [7, 11) is 0. The number of carbonyl (C=O) groups is 1. The molecule has 1 aliphatic rings. The van der Waals surface area contributed by atoms with Crippen molar-refractivity contribution in [2.45, 2.75) is 18.8 Å². The molecule has 1 saturated heterocycles. The van der Waals surface area contributed by atoms with E-state index in [1.54, 1.807) is 6.07 Å². The molecular formula is C11H10F3NO3. The van der Waals surface area contributed by atoms with Gasteiger partial charge in [-0.25, -0.2) is 4.79 Å². The number of amides is 1. The third-order valence-corrected chi connectivity index (χ3v) is 2.43. The SMILES string of the molecule is O=C1N[C@@H](c2cccc(OC(F)(F)F)c2)CCO1. The van der Waals surface area contributed by atoms with E-state index < -0.39 is 12.5 Å². The van der Waals surface area contributed by atoms with Gasteiger partial charge in [0.2, 0.25) is 0 Å². The first-order chi connectivity index (χ1) is 8.44. The van der Waals surface area contributed by atoms with Gasteiger partial charge in [-0.1, -0.05) is 12.1 Å².